The molecule has 104 valence electrons. The van der Waals surface area contributed by atoms with Crippen molar-refractivity contribution in [3.05, 3.63) is 59.4 Å². The zero-order valence-electron chi connectivity index (χ0n) is 12.0. The molecule has 1 heterocycles. The van der Waals surface area contributed by atoms with E-state index >= 15 is 0 Å². The summed E-state index contributed by atoms with van der Waals surface area (Å²) in [5, 5.41) is 6.06. The molecule has 4 nitrogen and oxygen atoms in total. The van der Waals surface area contributed by atoms with Gasteiger partial charge in [-0.1, -0.05) is 12.1 Å². The third-order valence-corrected chi connectivity index (χ3v) is 3.35. The highest BCUT2D eigenvalue weighted by Gasteiger charge is 2.09. The van der Waals surface area contributed by atoms with Crippen molar-refractivity contribution in [1.82, 2.24) is 10.3 Å². The van der Waals surface area contributed by atoms with Gasteiger partial charge >= 0.3 is 0 Å². The van der Waals surface area contributed by atoms with Gasteiger partial charge in [0, 0.05) is 23.6 Å². The van der Waals surface area contributed by atoms with E-state index in [1.807, 2.05) is 38.2 Å². The summed E-state index contributed by atoms with van der Waals surface area (Å²) in [4.78, 5) is 16.3. The number of nitrogens with zero attached hydrogens (tertiary/aromatic N) is 1. The van der Waals surface area contributed by atoms with Gasteiger partial charge in [0.25, 0.3) is 5.91 Å². The molecule has 0 aliphatic heterocycles. The monoisotopic (exact) mass is 269 g/mol. The minimum absolute atomic E-state index is 0.134. The van der Waals surface area contributed by atoms with Crippen molar-refractivity contribution in [1.29, 1.82) is 0 Å². The number of amides is 1. The fourth-order valence-electron chi connectivity index (χ4n) is 1.94. The van der Waals surface area contributed by atoms with Crippen LogP contribution in [0, 0.1) is 6.92 Å². The van der Waals surface area contributed by atoms with Crippen molar-refractivity contribution in [2.45, 2.75) is 19.9 Å². The zero-order valence-corrected chi connectivity index (χ0v) is 12.0. The maximum absolute atomic E-state index is 12.1. The Hall–Kier alpha value is -2.20. The number of nitrogens with one attached hydrogen (secondary N) is 2. The molecular weight excluding hydrogens is 250 g/mol. The smallest absolute Gasteiger partial charge is 0.257 e. The number of aryl methyl sites for hydroxylation is 1. The lowest BCUT2D eigenvalue weighted by atomic mass is 10.1. The van der Waals surface area contributed by atoms with Gasteiger partial charge in [-0.25, -0.2) is 0 Å². The van der Waals surface area contributed by atoms with Crippen LogP contribution in [0.2, 0.25) is 0 Å². The number of benzene rings is 1. The van der Waals surface area contributed by atoms with Crippen molar-refractivity contribution < 1.29 is 4.79 Å². The summed E-state index contributed by atoms with van der Waals surface area (Å²) in [6, 6.07) is 11.7. The lowest BCUT2D eigenvalue weighted by Gasteiger charge is -2.12. The fourth-order valence-corrected chi connectivity index (χ4v) is 1.94. The van der Waals surface area contributed by atoms with E-state index in [0.29, 0.717) is 11.6 Å². The van der Waals surface area contributed by atoms with Crippen LogP contribution in [0.3, 0.4) is 0 Å². The van der Waals surface area contributed by atoms with Gasteiger partial charge in [0.1, 0.15) is 0 Å². The summed E-state index contributed by atoms with van der Waals surface area (Å²) in [5.74, 6) is -0.134. The molecule has 0 saturated heterocycles. The summed E-state index contributed by atoms with van der Waals surface area (Å²) in [5.41, 5.74) is 3.29. The van der Waals surface area contributed by atoms with Crippen LogP contribution in [0.1, 0.15) is 34.6 Å². The molecule has 0 fully saturated rings. The lowest BCUT2D eigenvalue weighted by molar-refractivity contribution is 0.102. The molecule has 0 bridgehead atoms. The van der Waals surface area contributed by atoms with E-state index < -0.39 is 0 Å². The first-order valence-electron chi connectivity index (χ1n) is 6.62. The Bertz CT molecular complexity index is 593. The van der Waals surface area contributed by atoms with Crippen LogP contribution in [0.25, 0.3) is 0 Å². The highest BCUT2D eigenvalue weighted by Crippen LogP contribution is 2.16. The molecule has 4 heteroatoms. The number of hydrogen-bond donors (Lipinski definition) is 2. The number of pyridine rings is 1. The van der Waals surface area contributed by atoms with Gasteiger partial charge in [-0.15, -0.1) is 0 Å². The highest BCUT2D eigenvalue weighted by atomic mass is 16.1. The molecule has 20 heavy (non-hydrogen) atoms. The van der Waals surface area contributed by atoms with E-state index in [-0.39, 0.29) is 5.91 Å². The average molecular weight is 269 g/mol. The van der Waals surface area contributed by atoms with E-state index in [2.05, 4.69) is 22.5 Å². The number of rotatable bonds is 4. The van der Waals surface area contributed by atoms with Crippen LogP contribution >= 0.6 is 0 Å². The van der Waals surface area contributed by atoms with Crippen molar-refractivity contribution >= 4 is 11.6 Å². The third-order valence-electron chi connectivity index (χ3n) is 3.35. The van der Waals surface area contributed by atoms with Crippen LogP contribution in [0.5, 0.6) is 0 Å². The second kappa shape index (κ2) is 6.30. The molecule has 0 aliphatic carbocycles. The number of carbonyl (C=O) groups excluding carboxylic acids is 1. The number of aromatic nitrogens is 1. The second-order valence-corrected chi connectivity index (χ2v) is 4.72. The van der Waals surface area contributed by atoms with Crippen LogP contribution in [0.15, 0.2) is 42.6 Å². The van der Waals surface area contributed by atoms with E-state index in [9.17, 15) is 4.79 Å². The van der Waals surface area contributed by atoms with E-state index in [1.165, 1.54) is 5.56 Å². The molecule has 0 saturated carbocycles. The maximum atomic E-state index is 12.1. The van der Waals surface area contributed by atoms with Gasteiger partial charge in [-0.05, 0) is 50.7 Å². The lowest BCUT2D eigenvalue weighted by Crippen LogP contribution is -2.15. The predicted molar refractivity (Wildman–Crippen MR) is 80.8 cm³/mol. The van der Waals surface area contributed by atoms with Gasteiger partial charge in [-0.3, -0.25) is 9.78 Å². The van der Waals surface area contributed by atoms with Crippen molar-refractivity contribution in [2.24, 2.45) is 0 Å². The van der Waals surface area contributed by atoms with Crippen LogP contribution in [-0.2, 0) is 0 Å². The van der Waals surface area contributed by atoms with Crippen molar-refractivity contribution in [3.63, 3.8) is 0 Å². The topological polar surface area (TPSA) is 54.0 Å². The molecule has 1 amide bonds. The summed E-state index contributed by atoms with van der Waals surface area (Å²) in [7, 11) is 1.92. The third kappa shape index (κ3) is 3.22. The fraction of sp³-hybridized carbons (Fsp3) is 0.250. The Morgan fingerprint density at radius 2 is 1.90 bits per heavy atom. The standard InChI is InChI=1S/C16H19N3O/c1-11(17-3)13-6-8-14(9-7-13)19-16(20)15-5-4-10-18-12(15)2/h4-11,17H,1-3H3,(H,19,20). The van der Waals surface area contributed by atoms with Crippen LogP contribution in [-0.4, -0.2) is 17.9 Å². The minimum Gasteiger partial charge on any atom is -0.322 e. The van der Waals surface area contributed by atoms with Gasteiger partial charge in [-0.2, -0.15) is 0 Å². The number of carbonyl (C=O) groups is 1. The van der Waals surface area contributed by atoms with Gasteiger partial charge in [0.15, 0.2) is 0 Å². The first kappa shape index (κ1) is 14.2. The Morgan fingerprint density at radius 1 is 1.20 bits per heavy atom. The maximum Gasteiger partial charge on any atom is 0.257 e. The summed E-state index contributed by atoms with van der Waals surface area (Å²) in [6.45, 7) is 3.92. The average Bonchev–Trinajstić information content (AvgIpc) is 2.47. The summed E-state index contributed by atoms with van der Waals surface area (Å²) >= 11 is 0. The van der Waals surface area contributed by atoms with Gasteiger partial charge in [0.2, 0.25) is 0 Å². The second-order valence-electron chi connectivity index (χ2n) is 4.72. The molecule has 1 aromatic heterocycles. The highest BCUT2D eigenvalue weighted by molar-refractivity contribution is 6.04. The zero-order chi connectivity index (χ0) is 14.5. The molecule has 0 aliphatic rings. The van der Waals surface area contributed by atoms with Gasteiger partial charge < -0.3 is 10.6 Å². The molecular formula is C16H19N3O. The Morgan fingerprint density at radius 3 is 2.50 bits per heavy atom. The molecule has 1 atom stereocenters. The minimum atomic E-state index is -0.134. The molecule has 2 N–H and O–H groups in total. The normalized spacial score (nSPS) is 11.9. The van der Waals surface area contributed by atoms with Crippen LogP contribution < -0.4 is 10.6 Å². The van der Waals surface area contributed by atoms with E-state index in [4.69, 9.17) is 0 Å². The molecule has 1 aromatic carbocycles. The molecule has 1 unspecified atom stereocenters. The van der Waals surface area contributed by atoms with Crippen molar-refractivity contribution in [3.8, 4) is 0 Å². The Labute approximate surface area is 119 Å². The predicted octanol–water partition coefficient (Wildman–Crippen LogP) is 2.92. The number of anilines is 1. The first-order chi connectivity index (χ1) is 9.61. The van der Waals surface area contributed by atoms with Gasteiger partial charge in [0.05, 0.1) is 5.56 Å². The molecule has 2 rings (SSSR count). The largest absolute Gasteiger partial charge is 0.322 e. The van der Waals surface area contributed by atoms with Crippen LogP contribution in [0.4, 0.5) is 5.69 Å². The molecule has 0 spiro atoms. The van der Waals surface area contributed by atoms with E-state index in [1.54, 1.807) is 18.3 Å². The van der Waals surface area contributed by atoms with E-state index in [0.717, 1.165) is 11.4 Å². The molecule has 0 radical (unpaired) electrons. The number of hydrogen-bond acceptors (Lipinski definition) is 3. The quantitative estimate of drug-likeness (QED) is 0.897. The summed E-state index contributed by atoms with van der Waals surface area (Å²) < 4.78 is 0. The summed E-state index contributed by atoms with van der Waals surface area (Å²) in [6.07, 6.45) is 1.68. The molecule has 2 aromatic rings. The Balaban J connectivity index is 2.11. The Kier molecular flexibility index (Phi) is 4.48. The SMILES string of the molecule is CNC(C)c1ccc(NC(=O)c2cccnc2C)cc1. The first-order valence-corrected chi connectivity index (χ1v) is 6.62. The van der Waals surface area contributed by atoms with Crippen molar-refractivity contribution in [2.75, 3.05) is 12.4 Å².